The van der Waals surface area contributed by atoms with Crippen molar-refractivity contribution in [2.45, 2.75) is 30.6 Å². The lowest BCUT2D eigenvalue weighted by atomic mass is 10.1. The van der Waals surface area contributed by atoms with Gasteiger partial charge in [-0.3, -0.25) is 4.79 Å². The van der Waals surface area contributed by atoms with Crippen LogP contribution in [0.1, 0.15) is 36.0 Å². The SMILES string of the molecule is NS(=O)(=O)c1cc(C(=O)NCC2CCCC2)ccc1Br. The number of carbonyl (C=O) groups is 1. The maximum atomic E-state index is 12.0. The summed E-state index contributed by atoms with van der Waals surface area (Å²) in [7, 11) is -3.85. The molecule has 3 N–H and O–H groups in total. The van der Waals surface area contributed by atoms with Gasteiger partial charge in [-0.1, -0.05) is 12.8 Å². The highest BCUT2D eigenvalue weighted by Crippen LogP contribution is 2.24. The zero-order chi connectivity index (χ0) is 14.8. The molecule has 1 aliphatic carbocycles. The van der Waals surface area contributed by atoms with Crippen LogP contribution >= 0.6 is 15.9 Å². The van der Waals surface area contributed by atoms with Crippen molar-refractivity contribution in [1.29, 1.82) is 0 Å². The van der Waals surface area contributed by atoms with E-state index in [-0.39, 0.29) is 10.8 Å². The van der Waals surface area contributed by atoms with Crippen LogP contribution in [-0.4, -0.2) is 20.9 Å². The third kappa shape index (κ3) is 3.80. The zero-order valence-corrected chi connectivity index (χ0v) is 13.3. The van der Waals surface area contributed by atoms with Crippen molar-refractivity contribution in [3.05, 3.63) is 28.2 Å². The van der Waals surface area contributed by atoms with Gasteiger partial charge in [-0.05, 0) is 52.9 Å². The lowest BCUT2D eigenvalue weighted by Crippen LogP contribution is -2.28. The number of primary sulfonamides is 1. The molecule has 20 heavy (non-hydrogen) atoms. The van der Waals surface area contributed by atoms with Crippen molar-refractivity contribution in [1.82, 2.24) is 5.32 Å². The van der Waals surface area contributed by atoms with Gasteiger partial charge in [-0.2, -0.15) is 0 Å². The summed E-state index contributed by atoms with van der Waals surface area (Å²) in [6.45, 7) is 0.638. The maximum absolute atomic E-state index is 12.0. The first-order valence-electron chi connectivity index (χ1n) is 6.48. The highest BCUT2D eigenvalue weighted by Gasteiger charge is 2.18. The van der Waals surface area contributed by atoms with Crippen LogP contribution < -0.4 is 10.5 Å². The first kappa shape index (κ1) is 15.5. The summed E-state index contributed by atoms with van der Waals surface area (Å²) in [6.07, 6.45) is 4.72. The molecule has 0 radical (unpaired) electrons. The van der Waals surface area contributed by atoms with E-state index in [9.17, 15) is 13.2 Å². The fourth-order valence-electron chi connectivity index (χ4n) is 2.42. The number of carbonyl (C=O) groups excluding carboxylic acids is 1. The summed E-state index contributed by atoms with van der Waals surface area (Å²) in [4.78, 5) is 12.0. The quantitative estimate of drug-likeness (QED) is 0.860. The number of nitrogens with two attached hydrogens (primary N) is 1. The molecule has 5 nitrogen and oxygen atoms in total. The molecule has 0 heterocycles. The minimum Gasteiger partial charge on any atom is -0.352 e. The molecule has 1 amide bonds. The molecular weight excluding hydrogens is 344 g/mol. The van der Waals surface area contributed by atoms with Crippen molar-refractivity contribution in [3.63, 3.8) is 0 Å². The van der Waals surface area contributed by atoms with Crippen LogP contribution in [0.4, 0.5) is 0 Å². The second-order valence-electron chi connectivity index (χ2n) is 5.05. The van der Waals surface area contributed by atoms with Crippen molar-refractivity contribution in [2.75, 3.05) is 6.54 Å². The van der Waals surface area contributed by atoms with Gasteiger partial charge in [0.25, 0.3) is 5.91 Å². The molecule has 1 aromatic rings. The van der Waals surface area contributed by atoms with Gasteiger partial charge in [-0.15, -0.1) is 0 Å². The summed E-state index contributed by atoms with van der Waals surface area (Å²) in [5.41, 5.74) is 0.301. The number of hydrogen-bond acceptors (Lipinski definition) is 3. The molecule has 0 aromatic heterocycles. The Labute approximate surface area is 127 Å². The van der Waals surface area contributed by atoms with Gasteiger partial charge >= 0.3 is 0 Å². The average molecular weight is 361 g/mol. The first-order chi connectivity index (χ1) is 9.38. The number of benzene rings is 1. The minimum atomic E-state index is -3.85. The Morgan fingerprint density at radius 2 is 2.00 bits per heavy atom. The number of rotatable bonds is 4. The summed E-state index contributed by atoms with van der Waals surface area (Å²) in [5.74, 6) is 0.265. The molecule has 110 valence electrons. The maximum Gasteiger partial charge on any atom is 0.251 e. The molecule has 1 aromatic carbocycles. The molecule has 1 fully saturated rings. The van der Waals surface area contributed by atoms with E-state index in [4.69, 9.17) is 5.14 Å². The first-order valence-corrected chi connectivity index (χ1v) is 8.82. The van der Waals surface area contributed by atoms with Crippen molar-refractivity contribution in [2.24, 2.45) is 11.1 Å². The number of amides is 1. The van der Waals surface area contributed by atoms with Gasteiger partial charge in [-0.25, -0.2) is 13.6 Å². The highest BCUT2D eigenvalue weighted by molar-refractivity contribution is 9.10. The van der Waals surface area contributed by atoms with Gasteiger partial charge in [0.05, 0.1) is 4.90 Å². The number of nitrogens with one attached hydrogen (secondary N) is 1. The second kappa shape index (κ2) is 6.24. The highest BCUT2D eigenvalue weighted by atomic mass is 79.9. The molecule has 0 aliphatic heterocycles. The molecule has 0 atom stereocenters. The van der Waals surface area contributed by atoms with Crippen molar-refractivity contribution < 1.29 is 13.2 Å². The van der Waals surface area contributed by atoms with E-state index < -0.39 is 10.0 Å². The molecule has 0 unspecified atom stereocenters. The zero-order valence-electron chi connectivity index (χ0n) is 10.9. The van der Waals surface area contributed by atoms with Gasteiger partial charge in [0.2, 0.25) is 10.0 Å². The van der Waals surface area contributed by atoms with E-state index >= 15 is 0 Å². The summed E-state index contributed by atoms with van der Waals surface area (Å²) >= 11 is 3.12. The van der Waals surface area contributed by atoms with E-state index in [1.54, 1.807) is 6.07 Å². The molecule has 0 spiro atoms. The largest absolute Gasteiger partial charge is 0.352 e. The van der Waals surface area contributed by atoms with Crippen molar-refractivity contribution >= 4 is 31.9 Å². The van der Waals surface area contributed by atoms with Crippen LogP contribution in [0.15, 0.2) is 27.6 Å². The van der Waals surface area contributed by atoms with Crippen molar-refractivity contribution in [3.8, 4) is 0 Å². The van der Waals surface area contributed by atoms with E-state index in [1.165, 1.54) is 25.0 Å². The smallest absolute Gasteiger partial charge is 0.251 e. The lowest BCUT2D eigenvalue weighted by Gasteiger charge is -2.11. The predicted molar refractivity (Wildman–Crippen MR) is 79.8 cm³/mol. The van der Waals surface area contributed by atoms with E-state index in [2.05, 4.69) is 21.2 Å². The Bertz CT molecular complexity index is 610. The van der Waals surface area contributed by atoms with Crippen LogP contribution in [0.25, 0.3) is 0 Å². The number of halogens is 1. The normalized spacial score (nSPS) is 16.3. The molecule has 0 bridgehead atoms. The second-order valence-corrected chi connectivity index (χ2v) is 7.43. The van der Waals surface area contributed by atoms with Gasteiger partial charge in [0.1, 0.15) is 0 Å². The number of hydrogen-bond donors (Lipinski definition) is 2. The molecule has 1 saturated carbocycles. The molecular formula is C13H17BrN2O3S. The van der Waals surface area contributed by atoms with Crippen LogP contribution in [0.5, 0.6) is 0 Å². The van der Waals surface area contributed by atoms with E-state index in [1.807, 2.05) is 0 Å². The van der Waals surface area contributed by atoms with Crippen LogP contribution in [-0.2, 0) is 10.0 Å². The monoisotopic (exact) mass is 360 g/mol. The fraction of sp³-hybridized carbons (Fsp3) is 0.462. The summed E-state index contributed by atoms with van der Waals surface area (Å²) in [6, 6.07) is 4.39. The Morgan fingerprint density at radius 1 is 1.35 bits per heavy atom. The van der Waals surface area contributed by atoms with Crippen LogP contribution in [0, 0.1) is 5.92 Å². The number of sulfonamides is 1. The lowest BCUT2D eigenvalue weighted by molar-refractivity contribution is 0.0947. The van der Waals surface area contributed by atoms with Gasteiger partial charge in [0, 0.05) is 16.6 Å². The van der Waals surface area contributed by atoms with Gasteiger partial charge < -0.3 is 5.32 Å². The summed E-state index contributed by atoms with van der Waals surface area (Å²) in [5, 5.41) is 7.96. The third-order valence-electron chi connectivity index (χ3n) is 3.53. The standard InChI is InChI=1S/C13H17BrN2O3S/c14-11-6-5-10(7-12(11)20(15,18)19)13(17)16-8-9-3-1-2-4-9/h5-7,9H,1-4,8H2,(H,16,17)(H2,15,18,19). The van der Waals surface area contributed by atoms with Gasteiger partial charge in [0.15, 0.2) is 0 Å². The fourth-order valence-corrected chi connectivity index (χ4v) is 3.97. The van der Waals surface area contributed by atoms with Crippen LogP contribution in [0.2, 0.25) is 0 Å². The van der Waals surface area contributed by atoms with E-state index in [0.717, 1.165) is 12.8 Å². The molecule has 7 heteroatoms. The Kier molecular flexibility index (Phi) is 4.82. The topological polar surface area (TPSA) is 89.3 Å². The molecule has 1 aliphatic rings. The Hall–Kier alpha value is -0.920. The Morgan fingerprint density at radius 3 is 2.60 bits per heavy atom. The predicted octanol–water partition coefficient (Wildman–Crippen LogP) is 2.02. The summed E-state index contributed by atoms with van der Waals surface area (Å²) < 4.78 is 23.2. The molecule has 2 rings (SSSR count). The minimum absolute atomic E-state index is 0.0778. The molecule has 0 saturated heterocycles. The Balaban J connectivity index is 2.10. The third-order valence-corrected chi connectivity index (χ3v) is 5.43. The van der Waals surface area contributed by atoms with E-state index in [0.29, 0.717) is 22.5 Å². The average Bonchev–Trinajstić information content (AvgIpc) is 2.88. The van der Waals surface area contributed by atoms with Crippen LogP contribution in [0.3, 0.4) is 0 Å².